The van der Waals surface area contributed by atoms with Crippen LogP contribution in [0, 0.1) is 11.8 Å². The van der Waals surface area contributed by atoms with Crippen LogP contribution in [0.15, 0.2) is 0 Å². The van der Waals surface area contributed by atoms with Crippen LogP contribution < -0.4 is 0 Å². The first-order valence-corrected chi connectivity index (χ1v) is 6.29. The van der Waals surface area contributed by atoms with Gasteiger partial charge in [0, 0.05) is 0 Å². The van der Waals surface area contributed by atoms with Gasteiger partial charge in [0.2, 0.25) is 0 Å². The minimum atomic E-state index is 1.10. The second-order valence-electron chi connectivity index (χ2n) is 5.00. The summed E-state index contributed by atoms with van der Waals surface area (Å²) in [6, 6.07) is 0. The van der Waals surface area contributed by atoms with Crippen molar-refractivity contribution in [3.05, 3.63) is 5.92 Å². The van der Waals surface area contributed by atoms with E-state index in [1.54, 1.807) is 0 Å². The molecule has 0 spiro atoms. The summed E-state index contributed by atoms with van der Waals surface area (Å²) in [6.07, 6.45) is 16.5. The van der Waals surface area contributed by atoms with Gasteiger partial charge in [0.1, 0.15) is 0 Å². The first-order valence-electron chi connectivity index (χ1n) is 6.29. The molecule has 0 heteroatoms. The molecule has 0 atom stereocenters. The maximum absolute atomic E-state index is 1.90. The van der Waals surface area contributed by atoms with Crippen molar-refractivity contribution in [1.29, 1.82) is 0 Å². The minimum absolute atomic E-state index is 1.10. The standard InChI is InChI=1S/C13H23/c1-2-6-12-8-4-10-13(7-3-1)11-5-9-12/h12H,1-11H2. The van der Waals surface area contributed by atoms with Gasteiger partial charge in [0.25, 0.3) is 0 Å². The van der Waals surface area contributed by atoms with Crippen LogP contribution in [-0.4, -0.2) is 0 Å². The molecule has 3 saturated carbocycles. The summed E-state index contributed by atoms with van der Waals surface area (Å²) in [5, 5.41) is 0. The lowest BCUT2D eigenvalue weighted by Gasteiger charge is -2.26. The van der Waals surface area contributed by atoms with Gasteiger partial charge >= 0.3 is 0 Å². The number of fused-ring (bicyclic) bond motifs is 8. The van der Waals surface area contributed by atoms with Crippen molar-refractivity contribution in [2.24, 2.45) is 5.92 Å². The van der Waals surface area contributed by atoms with E-state index in [0.29, 0.717) is 0 Å². The van der Waals surface area contributed by atoms with E-state index in [0.717, 1.165) is 5.92 Å². The van der Waals surface area contributed by atoms with Gasteiger partial charge in [0.05, 0.1) is 0 Å². The lowest BCUT2D eigenvalue weighted by atomic mass is 9.80. The fourth-order valence-corrected chi connectivity index (χ4v) is 3.07. The predicted octanol–water partition coefficient (Wildman–Crippen LogP) is 4.50. The highest BCUT2D eigenvalue weighted by atomic mass is 14.2. The van der Waals surface area contributed by atoms with Crippen molar-refractivity contribution < 1.29 is 0 Å². The molecule has 3 fully saturated rings. The summed E-state index contributed by atoms with van der Waals surface area (Å²) in [5.41, 5.74) is 0. The van der Waals surface area contributed by atoms with Crippen molar-refractivity contribution in [2.45, 2.75) is 70.6 Å². The Bertz CT molecular complexity index is 109. The molecule has 0 aromatic heterocycles. The van der Waals surface area contributed by atoms with E-state index in [1.165, 1.54) is 70.6 Å². The Morgan fingerprint density at radius 3 is 2.00 bits per heavy atom. The van der Waals surface area contributed by atoms with Gasteiger partial charge in [-0.1, -0.05) is 51.4 Å². The summed E-state index contributed by atoms with van der Waals surface area (Å²) in [7, 11) is 0. The molecule has 0 unspecified atom stereocenters. The fourth-order valence-electron chi connectivity index (χ4n) is 3.07. The Balaban J connectivity index is 1.92. The van der Waals surface area contributed by atoms with Crippen LogP contribution in [0.3, 0.4) is 0 Å². The molecule has 0 heterocycles. The summed E-state index contributed by atoms with van der Waals surface area (Å²) in [5.74, 6) is 3.00. The summed E-state index contributed by atoms with van der Waals surface area (Å²) < 4.78 is 0. The first kappa shape index (κ1) is 9.55. The molecule has 3 rings (SSSR count). The van der Waals surface area contributed by atoms with Crippen LogP contribution in [-0.2, 0) is 0 Å². The average Bonchev–Trinajstić information content (AvgIpc) is 2.14. The topological polar surface area (TPSA) is 0 Å². The smallest absolute Gasteiger partial charge is 0.0241 e. The summed E-state index contributed by atoms with van der Waals surface area (Å²) in [4.78, 5) is 0. The highest BCUT2D eigenvalue weighted by Crippen LogP contribution is 2.34. The zero-order chi connectivity index (χ0) is 8.93. The Morgan fingerprint density at radius 1 is 0.615 bits per heavy atom. The highest BCUT2D eigenvalue weighted by molar-refractivity contribution is 4.91. The van der Waals surface area contributed by atoms with Crippen LogP contribution in [0.25, 0.3) is 0 Å². The van der Waals surface area contributed by atoms with E-state index in [1.807, 2.05) is 5.92 Å². The third kappa shape index (κ3) is 3.00. The second-order valence-corrected chi connectivity index (χ2v) is 5.00. The predicted molar refractivity (Wildman–Crippen MR) is 57.5 cm³/mol. The van der Waals surface area contributed by atoms with E-state index < -0.39 is 0 Å². The normalized spacial score (nSPS) is 28.6. The van der Waals surface area contributed by atoms with Crippen molar-refractivity contribution in [3.8, 4) is 0 Å². The van der Waals surface area contributed by atoms with Crippen LogP contribution in [0.5, 0.6) is 0 Å². The molecule has 0 amide bonds. The molecule has 3 aliphatic carbocycles. The third-order valence-corrected chi connectivity index (χ3v) is 3.93. The number of hydrogen-bond acceptors (Lipinski definition) is 0. The number of hydrogen-bond donors (Lipinski definition) is 0. The Kier molecular flexibility index (Phi) is 3.69. The van der Waals surface area contributed by atoms with Crippen molar-refractivity contribution in [1.82, 2.24) is 0 Å². The third-order valence-electron chi connectivity index (χ3n) is 3.93. The van der Waals surface area contributed by atoms with Crippen molar-refractivity contribution >= 4 is 0 Å². The van der Waals surface area contributed by atoms with Gasteiger partial charge in [-0.3, -0.25) is 0 Å². The minimum Gasteiger partial charge on any atom is -0.0533 e. The lowest BCUT2D eigenvalue weighted by molar-refractivity contribution is 0.336. The largest absolute Gasteiger partial charge is 0.0533 e. The van der Waals surface area contributed by atoms with Gasteiger partial charge in [-0.15, -0.1) is 0 Å². The highest BCUT2D eigenvalue weighted by Gasteiger charge is 2.18. The molecule has 0 N–H and O–H groups in total. The van der Waals surface area contributed by atoms with Crippen LogP contribution >= 0.6 is 0 Å². The summed E-state index contributed by atoms with van der Waals surface area (Å²) in [6.45, 7) is 0. The molecule has 3 aliphatic rings. The molecular weight excluding hydrogens is 156 g/mol. The quantitative estimate of drug-likeness (QED) is 0.514. The van der Waals surface area contributed by atoms with Gasteiger partial charge < -0.3 is 0 Å². The number of rotatable bonds is 0. The fraction of sp³-hybridized carbons (Fsp3) is 0.923. The van der Waals surface area contributed by atoms with Gasteiger partial charge in [0.15, 0.2) is 0 Å². The van der Waals surface area contributed by atoms with Crippen LogP contribution in [0.4, 0.5) is 0 Å². The zero-order valence-electron chi connectivity index (χ0n) is 8.86. The molecule has 75 valence electrons. The molecule has 0 aromatic carbocycles. The van der Waals surface area contributed by atoms with Crippen molar-refractivity contribution in [2.75, 3.05) is 0 Å². The SMILES string of the molecule is C1CC[C]2CCCC(CC1)CCC2. The van der Waals surface area contributed by atoms with E-state index in [2.05, 4.69) is 0 Å². The van der Waals surface area contributed by atoms with Gasteiger partial charge in [-0.25, -0.2) is 0 Å². The Morgan fingerprint density at radius 2 is 1.23 bits per heavy atom. The molecule has 2 bridgehead atoms. The maximum Gasteiger partial charge on any atom is -0.0241 e. The van der Waals surface area contributed by atoms with Crippen LogP contribution in [0.1, 0.15) is 70.6 Å². The molecule has 0 aromatic rings. The zero-order valence-corrected chi connectivity index (χ0v) is 8.86. The van der Waals surface area contributed by atoms with Crippen LogP contribution in [0.2, 0.25) is 0 Å². The lowest BCUT2D eigenvalue weighted by Crippen LogP contribution is -2.10. The van der Waals surface area contributed by atoms with Crippen molar-refractivity contribution in [3.63, 3.8) is 0 Å². The van der Waals surface area contributed by atoms with E-state index in [4.69, 9.17) is 0 Å². The van der Waals surface area contributed by atoms with E-state index >= 15 is 0 Å². The van der Waals surface area contributed by atoms with Gasteiger partial charge in [-0.2, -0.15) is 0 Å². The molecule has 0 nitrogen and oxygen atoms in total. The molecule has 0 saturated heterocycles. The average molecular weight is 179 g/mol. The van der Waals surface area contributed by atoms with Gasteiger partial charge in [-0.05, 0) is 31.1 Å². The first-order chi connectivity index (χ1) is 6.45. The molecular formula is C13H23. The summed E-state index contributed by atoms with van der Waals surface area (Å²) >= 11 is 0. The van der Waals surface area contributed by atoms with E-state index in [9.17, 15) is 0 Å². The Labute approximate surface area is 83.1 Å². The van der Waals surface area contributed by atoms with E-state index in [-0.39, 0.29) is 0 Å². The molecule has 0 aliphatic heterocycles. The monoisotopic (exact) mass is 179 g/mol. The Hall–Kier alpha value is 0. The molecule has 1 radical (unpaired) electrons. The second kappa shape index (κ2) is 5.02. The maximum atomic E-state index is 1.90. The molecule has 13 heavy (non-hydrogen) atoms.